The highest BCUT2D eigenvalue weighted by Crippen LogP contribution is 2.31. The lowest BCUT2D eigenvalue weighted by atomic mass is 9.95. The fourth-order valence-corrected chi connectivity index (χ4v) is 5.51. The van der Waals surface area contributed by atoms with Gasteiger partial charge in [-0.1, -0.05) is 53.8 Å². The van der Waals surface area contributed by atoms with Crippen molar-refractivity contribution >= 4 is 35.0 Å². The first kappa shape index (κ1) is 27.4. The zero-order valence-corrected chi connectivity index (χ0v) is 22.8. The Morgan fingerprint density at radius 3 is 2.34 bits per heavy atom. The summed E-state index contributed by atoms with van der Waals surface area (Å²) in [7, 11) is 1.28. The molecular formula is C30H23N3O7S. The molecule has 0 radical (unpaired) electrons. The molecule has 1 unspecified atom stereocenters. The van der Waals surface area contributed by atoms with E-state index in [1.807, 2.05) is 30.3 Å². The maximum absolute atomic E-state index is 13.8. The van der Waals surface area contributed by atoms with Crippen LogP contribution in [0, 0.1) is 10.1 Å². The minimum absolute atomic E-state index is 0.0367. The summed E-state index contributed by atoms with van der Waals surface area (Å²) in [4.78, 5) is 54.8. The fourth-order valence-electron chi connectivity index (χ4n) is 4.46. The van der Waals surface area contributed by atoms with Crippen LogP contribution < -0.4 is 14.9 Å². The number of fused-ring (bicyclic) bond motifs is 1. The van der Waals surface area contributed by atoms with Gasteiger partial charge in [0.05, 0.1) is 39.4 Å². The van der Waals surface area contributed by atoms with Gasteiger partial charge in [-0.25, -0.2) is 14.6 Å². The van der Waals surface area contributed by atoms with Gasteiger partial charge >= 0.3 is 11.9 Å². The Morgan fingerprint density at radius 1 is 1.02 bits per heavy atom. The molecule has 0 N–H and O–H groups in total. The molecule has 3 aromatic carbocycles. The number of rotatable bonds is 7. The van der Waals surface area contributed by atoms with Gasteiger partial charge in [0.1, 0.15) is 6.61 Å². The Kier molecular flexibility index (Phi) is 7.70. The zero-order valence-electron chi connectivity index (χ0n) is 22.0. The molecule has 0 saturated carbocycles. The highest BCUT2D eigenvalue weighted by molar-refractivity contribution is 7.07. The normalized spacial score (nSPS) is 14.7. The van der Waals surface area contributed by atoms with E-state index < -0.39 is 28.5 Å². The molecule has 2 heterocycles. The van der Waals surface area contributed by atoms with Crippen molar-refractivity contribution in [2.45, 2.75) is 19.6 Å². The summed E-state index contributed by atoms with van der Waals surface area (Å²) in [5.41, 5.74) is 2.42. The van der Waals surface area contributed by atoms with Gasteiger partial charge in [0.25, 0.3) is 11.2 Å². The van der Waals surface area contributed by atoms with Gasteiger partial charge in [0, 0.05) is 12.1 Å². The Hall–Kier alpha value is -5.16. The third-order valence-electron chi connectivity index (χ3n) is 6.50. The van der Waals surface area contributed by atoms with Crippen molar-refractivity contribution in [2.24, 2.45) is 4.99 Å². The van der Waals surface area contributed by atoms with E-state index in [0.29, 0.717) is 31.7 Å². The zero-order chi connectivity index (χ0) is 29.1. The number of ether oxygens (including phenoxy) is 2. The van der Waals surface area contributed by atoms with Gasteiger partial charge in [-0.05, 0) is 54.0 Å². The molecule has 1 aliphatic rings. The smallest absolute Gasteiger partial charge is 0.338 e. The van der Waals surface area contributed by atoms with Crippen LogP contribution in [-0.2, 0) is 20.9 Å². The Balaban J connectivity index is 1.60. The molecule has 1 aliphatic heterocycles. The van der Waals surface area contributed by atoms with Gasteiger partial charge < -0.3 is 9.47 Å². The summed E-state index contributed by atoms with van der Waals surface area (Å²) >= 11 is 1.14. The number of carbonyl (C=O) groups excluding carboxylic acids is 2. The van der Waals surface area contributed by atoms with Crippen molar-refractivity contribution in [3.05, 3.63) is 142 Å². The van der Waals surface area contributed by atoms with Crippen molar-refractivity contribution in [2.75, 3.05) is 7.11 Å². The number of thiazole rings is 1. The number of esters is 2. The quantitative estimate of drug-likeness (QED) is 0.189. The summed E-state index contributed by atoms with van der Waals surface area (Å²) in [6.45, 7) is 1.72. The van der Waals surface area contributed by atoms with Crippen LogP contribution in [0.25, 0.3) is 6.08 Å². The topological polar surface area (TPSA) is 130 Å². The molecule has 5 rings (SSSR count). The second-order valence-corrected chi connectivity index (χ2v) is 10.1. The average Bonchev–Trinajstić information content (AvgIpc) is 3.29. The van der Waals surface area contributed by atoms with Gasteiger partial charge in [-0.3, -0.25) is 19.5 Å². The van der Waals surface area contributed by atoms with E-state index in [9.17, 15) is 24.5 Å². The molecule has 41 heavy (non-hydrogen) atoms. The lowest BCUT2D eigenvalue weighted by Crippen LogP contribution is -2.39. The van der Waals surface area contributed by atoms with Gasteiger partial charge in [-0.15, -0.1) is 0 Å². The summed E-state index contributed by atoms with van der Waals surface area (Å²) < 4.78 is 12.2. The van der Waals surface area contributed by atoms with Crippen LogP contribution in [0.3, 0.4) is 0 Å². The summed E-state index contributed by atoms with van der Waals surface area (Å²) in [6.07, 6.45) is 1.62. The highest BCUT2D eigenvalue weighted by atomic mass is 32.1. The van der Waals surface area contributed by atoms with E-state index in [2.05, 4.69) is 4.99 Å². The number of non-ortho nitro benzene ring substituents is 1. The fraction of sp³-hybridized carbons (Fsp3) is 0.133. The molecule has 11 heteroatoms. The van der Waals surface area contributed by atoms with E-state index in [0.717, 1.165) is 16.9 Å². The monoisotopic (exact) mass is 569 g/mol. The lowest BCUT2D eigenvalue weighted by Gasteiger charge is -2.25. The van der Waals surface area contributed by atoms with Gasteiger partial charge in [0.15, 0.2) is 4.80 Å². The van der Waals surface area contributed by atoms with Crippen molar-refractivity contribution in [3.8, 4) is 0 Å². The molecular weight excluding hydrogens is 546 g/mol. The number of methoxy groups -OCH3 is 1. The highest BCUT2D eigenvalue weighted by Gasteiger charge is 2.33. The Morgan fingerprint density at radius 2 is 1.71 bits per heavy atom. The number of allylic oxidation sites excluding steroid dienone is 1. The molecule has 206 valence electrons. The van der Waals surface area contributed by atoms with Gasteiger partial charge in [-0.2, -0.15) is 0 Å². The molecule has 0 saturated heterocycles. The molecule has 1 aromatic heterocycles. The summed E-state index contributed by atoms with van der Waals surface area (Å²) in [5.74, 6) is -1.14. The largest absolute Gasteiger partial charge is 0.465 e. The van der Waals surface area contributed by atoms with E-state index >= 15 is 0 Å². The predicted octanol–water partition coefficient (Wildman–Crippen LogP) is 3.67. The van der Waals surface area contributed by atoms with Crippen LogP contribution >= 0.6 is 11.3 Å². The Labute approximate surface area is 237 Å². The first-order chi connectivity index (χ1) is 19.8. The second kappa shape index (κ2) is 11.5. The molecule has 0 bridgehead atoms. The van der Waals surface area contributed by atoms with Crippen LogP contribution in [0.4, 0.5) is 5.69 Å². The van der Waals surface area contributed by atoms with Crippen LogP contribution in [0.15, 0.2) is 99.9 Å². The number of nitrogens with zero attached hydrogens (tertiary/aromatic N) is 3. The van der Waals surface area contributed by atoms with Crippen LogP contribution in [0.2, 0.25) is 0 Å². The number of nitro benzene ring substituents is 1. The maximum atomic E-state index is 13.8. The van der Waals surface area contributed by atoms with Crippen LogP contribution in [0.5, 0.6) is 0 Å². The maximum Gasteiger partial charge on any atom is 0.338 e. The number of hydrogen-bond donors (Lipinski definition) is 0. The second-order valence-electron chi connectivity index (χ2n) is 9.11. The summed E-state index contributed by atoms with van der Waals surface area (Å²) in [5, 5.41) is 11.0. The SMILES string of the molecule is COC(=O)c1ccc(C2C(C(=O)OCc3ccccc3)=C(C)N=c3sc(=Cc4ccc([N+](=O)[O-])cc4)c(=O)n32)cc1. The minimum atomic E-state index is -0.875. The lowest BCUT2D eigenvalue weighted by molar-refractivity contribution is -0.384. The molecule has 10 nitrogen and oxygen atoms in total. The van der Waals surface area contributed by atoms with E-state index in [4.69, 9.17) is 9.47 Å². The molecule has 4 aromatic rings. The molecule has 0 fully saturated rings. The van der Waals surface area contributed by atoms with Crippen molar-refractivity contribution in [1.82, 2.24) is 4.57 Å². The predicted molar refractivity (Wildman–Crippen MR) is 151 cm³/mol. The van der Waals surface area contributed by atoms with Crippen molar-refractivity contribution in [3.63, 3.8) is 0 Å². The third kappa shape index (κ3) is 5.61. The Bertz CT molecular complexity index is 1860. The molecule has 0 aliphatic carbocycles. The minimum Gasteiger partial charge on any atom is -0.465 e. The first-order valence-corrected chi connectivity index (χ1v) is 13.2. The molecule has 0 amide bonds. The number of aromatic nitrogens is 1. The number of benzene rings is 3. The van der Waals surface area contributed by atoms with E-state index in [1.54, 1.807) is 49.4 Å². The first-order valence-electron chi connectivity index (χ1n) is 12.4. The molecule has 1 atom stereocenters. The standard InChI is InChI=1S/C30H23N3O7S/c1-18-25(29(36)40-17-20-6-4-3-5-7-20)26(21-10-12-22(13-11-21)28(35)39-2)32-27(34)24(41-30(32)31-18)16-19-8-14-23(15-9-19)33(37)38/h3-16,26H,17H2,1-2H3. The van der Waals surface area contributed by atoms with E-state index in [-0.39, 0.29) is 17.9 Å². The van der Waals surface area contributed by atoms with E-state index in [1.165, 1.54) is 23.8 Å². The third-order valence-corrected chi connectivity index (χ3v) is 7.49. The molecule has 0 spiro atoms. The van der Waals surface area contributed by atoms with Crippen molar-refractivity contribution in [1.29, 1.82) is 0 Å². The van der Waals surface area contributed by atoms with Crippen LogP contribution in [0.1, 0.15) is 40.0 Å². The number of hydrogen-bond acceptors (Lipinski definition) is 9. The number of carbonyl (C=O) groups is 2. The van der Waals surface area contributed by atoms with Crippen molar-refractivity contribution < 1.29 is 24.0 Å². The van der Waals surface area contributed by atoms with Crippen LogP contribution in [-0.4, -0.2) is 28.5 Å². The number of nitro groups is 1. The summed E-state index contributed by atoms with van der Waals surface area (Å²) in [6, 6.07) is 20.6. The van der Waals surface area contributed by atoms with Gasteiger partial charge in [0.2, 0.25) is 0 Å². The average molecular weight is 570 g/mol.